The van der Waals surface area contributed by atoms with E-state index in [1.54, 1.807) is 0 Å². The molecule has 0 spiro atoms. The lowest BCUT2D eigenvalue weighted by Crippen LogP contribution is -2.49. The van der Waals surface area contributed by atoms with E-state index in [-0.39, 0.29) is 23.0 Å². The quantitative estimate of drug-likeness (QED) is 0.543. The lowest BCUT2D eigenvalue weighted by Gasteiger charge is -2.47. The van der Waals surface area contributed by atoms with Crippen LogP contribution >= 0.6 is 0 Å². The van der Waals surface area contributed by atoms with Crippen LogP contribution in [-0.2, 0) is 9.53 Å². The zero-order valence-corrected chi connectivity index (χ0v) is 19.1. The molecule has 1 unspecified atom stereocenters. The number of hydrogen-bond donors (Lipinski definition) is 1. The molecular weight excluding hydrogens is 398 g/mol. The molecule has 7 heteroatoms. The van der Waals surface area contributed by atoms with Crippen molar-refractivity contribution in [1.29, 1.82) is 0 Å². The van der Waals surface area contributed by atoms with Gasteiger partial charge in [-0.25, -0.2) is 9.59 Å². The molecule has 1 aliphatic rings. The van der Waals surface area contributed by atoms with Crippen molar-refractivity contribution >= 4 is 28.6 Å². The first-order valence-electron chi connectivity index (χ1n) is 10.6. The van der Waals surface area contributed by atoms with Crippen molar-refractivity contribution in [3.8, 4) is 0 Å². The van der Waals surface area contributed by atoms with Gasteiger partial charge in [0.1, 0.15) is 16.7 Å². The minimum Gasteiger partial charge on any atom is -0.477 e. The lowest BCUT2D eigenvalue weighted by atomic mass is 9.79. The van der Waals surface area contributed by atoms with Crippen LogP contribution in [0, 0.1) is 0 Å². The molecule has 0 aliphatic carbocycles. The summed E-state index contributed by atoms with van der Waals surface area (Å²) in [6.45, 7) is 12.7. The number of rotatable bonds is 5. The van der Waals surface area contributed by atoms with Gasteiger partial charge in [-0.1, -0.05) is 6.92 Å². The number of hydrogen-bond acceptors (Lipinski definition) is 6. The van der Waals surface area contributed by atoms with Crippen molar-refractivity contribution in [3.05, 3.63) is 39.7 Å². The van der Waals surface area contributed by atoms with Crippen LogP contribution < -0.4 is 10.5 Å². The number of anilines is 1. The topological polar surface area (TPSA) is 97.1 Å². The van der Waals surface area contributed by atoms with Crippen LogP contribution in [0.25, 0.3) is 11.0 Å². The average Bonchev–Trinajstić information content (AvgIpc) is 2.60. The summed E-state index contributed by atoms with van der Waals surface area (Å²) in [5, 5.41) is 9.83. The maximum atomic E-state index is 12.1. The molecular formula is C24H31NO6. The molecule has 1 aliphatic heterocycles. The maximum absolute atomic E-state index is 12.1. The van der Waals surface area contributed by atoms with Crippen molar-refractivity contribution < 1.29 is 23.8 Å². The Hall–Kier alpha value is -2.83. The van der Waals surface area contributed by atoms with Crippen LogP contribution in [0.15, 0.2) is 27.4 Å². The summed E-state index contributed by atoms with van der Waals surface area (Å²) in [5.41, 5.74) is 0.492. The molecule has 0 saturated carbocycles. The van der Waals surface area contributed by atoms with E-state index in [1.165, 1.54) is 6.07 Å². The second-order valence-corrected chi connectivity index (χ2v) is 9.96. The van der Waals surface area contributed by atoms with Crippen LogP contribution in [0.2, 0.25) is 0 Å². The number of benzene rings is 1. The Balaban J connectivity index is 1.94. The fourth-order valence-corrected chi connectivity index (χ4v) is 4.44. The van der Waals surface area contributed by atoms with Gasteiger partial charge in [0.25, 0.3) is 0 Å². The van der Waals surface area contributed by atoms with E-state index in [2.05, 4.69) is 25.7 Å². The summed E-state index contributed by atoms with van der Waals surface area (Å²) in [4.78, 5) is 37.7. The number of carboxylic acids is 1. The Kier molecular flexibility index (Phi) is 5.91. The predicted octanol–water partition coefficient (Wildman–Crippen LogP) is 4.71. The number of nitrogens with zero attached hydrogens (tertiary/aromatic N) is 1. The number of esters is 1. The highest BCUT2D eigenvalue weighted by molar-refractivity contribution is 5.93. The summed E-state index contributed by atoms with van der Waals surface area (Å²) >= 11 is 0. The molecule has 0 fully saturated rings. The van der Waals surface area contributed by atoms with Gasteiger partial charge < -0.3 is 19.2 Å². The van der Waals surface area contributed by atoms with Crippen LogP contribution in [-0.4, -0.2) is 34.7 Å². The molecule has 0 bridgehead atoms. The molecule has 7 nitrogen and oxygen atoms in total. The fourth-order valence-electron chi connectivity index (χ4n) is 4.44. The SMILES string of the molecule is CC1CC(C)(C)N(CCCC(=O)OC(C)(C)C)c2cc3oc(=O)c(C(=O)O)cc3cc21. The van der Waals surface area contributed by atoms with E-state index < -0.39 is 17.2 Å². The third-order valence-corrected chi connectivity index (χ3v) is 5.65. The Morgan fingerprint density at radius 3 is 2.55 bits per heavy atom. The smallest absolute Gasteiger partial charge is 0.351 e. The number of aromatic carboxylic acids is 1. The summed E-state index contributed by atoms with van der Waals surface area (Å²) < 4.78 is 10.7. The molecule has 0 radical (unpaired) electrons. The highest BCUT2D eigenvalue weighted by Crippen LogP contribution is 2.45. The van der Waals surface area contributed by atoms with Gasteiger partial charge in [-0.2, -0.15) is 0 Å². The van der Waals surface area contributed by atoms with Gasteiger partial charge in [-0.05, 0) is 71.1 Å². The minimum atomic E-state index is -1.30. The first-order chi connectivity index (χ1) is 14.3. The number of ether oxygens (including phenoxy) is 1. The molecule has 3 rings (SSSR count). The molecule has 2 heterocycles. The van der Waals surface area contributed by atoms with Crippen molar-refractivity contribution in [1.82, 2.24) is 0 Å². The molecule has 2 aromatic rings. The normalized spacial score (nSPS) is 18.0. The molecule has 1 N–H and O–H groups in total. The van der Waals surface area contributed by atoms with E-state index in [0.29, 0.717) is 30.4 Å². The molecule has 0 amide bonds. The van der Waals surface area contributed by atoms with Crippen molar-refractivity contribution in [2.24, 2.45) is 0 Å². The van der Waals surface area contributed by atoms with Gasteiger partial charge >= 0.3 is 17.6 Å². The minimum absolute atomic E-state index is 0.157. The largest absolute Gasteiger partial charge is 0.477 e. The molecule has 1 atom stereocenters. The van der Waals surface area contributed by atoms with Crippen LogP contribution in [0.3, 0.4) is 0 Å². The third kappa shape index (κ3) is 4.92. The molecule has 1 aromatic heterocycles. The Labute approximate surface area is 182 Å². The first kappa shape index (κ1) is 22.8. The number of carbonyl (C=O) groups excluding carboxylic acids is 1. The monoisotopic (exact) mass is 429 g/mol. The van der Waals surface area contributed by atoms with Crippen molar-refractivity contribution in [2.45, 2.75) is 77.9 Å². The van der Waals surface area contributed by atoms with Gasteiger partial charge in [0, 0.05) is 35.6 Å². The summed E-state index contributed by atoms with van der Waals surface area (Å²) in [6.07, 6.45) is 1.85. The van der Waals surface area contributed by atoms with Gasteiger partial charge in [-0.3, -0.25) is 4.79 Å². The van der Waals surface area contributed by atoms with E-state index in [4.69, 9.17) is 9.15 Å². The highest BCUT2D eigenvalue weighted by atomic mass is 16.6. The van der Waals surface area contributed by atoms with Gasteiger partial charge in [0.2, 0.25) is 0 Å². The molecule has 1 aromatic carbocycles. The number of carboxylic acid groups (broad SMARTS) is 1. The van der Waals surface area contributed by atoms with E-state index in [0.717, 1.165) is 17.7 Å². The molecule has 0 saturated heterocycles. The molecule has 168 valence electrons. The Morgan fingerprint density at radius 1 is 1.26 bits per heavy atom. The van der Waals surface area contributed by atoms with E-state index >= 15 is 0 Å². The zero-order valence-electron chi connectivity index (χ0n) is 19.1. The standard InChI is InChI=1S/C24H31NO6/c1-14-13-24(5,6)25(9-7-8-20(26)31-23(2,3)4)18-12-19-15(10-16(14)18)11-17(21(27)28)22(29)30-19/h10-12,14H,7-9,13H2,1-6H3,(H,27,28). The number of fused-ring (bicyclic) bond motifs is 2. The number of carbonyl (C=O) groups is 2. The van der Waals surface area contributed by atoms with E-state index in [1.807, 2.05) is 32.9 Å². The van der Waals surface area contributed by atoms with Crippen molar-refractivity contribution in [2.75, 3.05) is 11.4 Å². The van der Waals surface area contributed by atoms with Crippen molar-refractivity contribution in [3.63, 3.8) is 0 Å². The van der Waals surface area contributed by atoms with Gasteiger partial charge in [-0.15, -0.1) is 0 Å². The van der Waals surface area contributed by atoms with Crippen LogP contribution in [0.1, 0.15) is 82.6 Å². The van der Waals surface area contributed by atoms with E-state index in [9.17, 15) is 19.5 Å². The second-order valence-electron chi connectivity index (χ2n) is 9.96. The van der Waals surface area contributed by atoms with Crippen LogP contribution in [0.4, 0.5) is 5.69 Å². The van der Waals surface area contributed by atoms with Gasteiger partial charge in [0.15, 0.2) is 0 Å². The lowest BCUT2D eigenvalue weighted by molar-refractivity contribution is -0.154. The highest BCUT2D eigenvalue weighted by Gasteiger charge is 2.36. The summed E-state index contributed by atoms with van der Waals surface area (Å²) in [6, 6.07) is 5.12. The van der Waals surface area contributed by atoms with Crippen LogP contribution in [0.5, 0.6) is 0 Å². The third-order valence-electron chi connectivity index (χ3n) is 5.65. The predicted molar refractivity (Wildman–Crippen MR) is 119 cm³/mol. The fraction of sp³-hybridized carbons (Fsp3) is 0.542. The average molecular weight is 430 g/mol. The summed E-state index contributed by atoms with van der Waals surface area (Å²) in [5.74, 6) is -1.27. The Bertz CT molecular complexity index is 1080. The zero-order chi connectivity index (χ0) is 23.1. The Morgan fingerprint density at radius 2 is 1.94 bits per heavy atom. The maximum Gasteiger partial charge on any atom is 0.351 e. The summed E-state index contributed by atoms with van der Waals surface area (Å²) in [7, 11) is 0. The van der Waals surface area contributed by atoms with Gasteiger partial charge in [0.05, 0.1) is 0 Å². The first-order valence-corrected chi connectivity index (χ1v) is 10.6. The second kappa shape index (κ2) is 8.02. The molecule has 31 heavy (non-hydrogen) atoms.